The lowest BCUT2D eigenvalue weighted by Gasteiger charge is -2.10. The summed E-state index contributed by atoms with van der Waals surface area (Å²) < 4.78 is 4.98. The summed E-state index contributed by atoms with van der Waals surface area (Å²) in [6.45, 7) is 0. The number of ether oxygens (including phenoxy) is 1. The average molecular weight is 583 g/mol. The third-order valence-corrected chi connectivity index (χ3v) is 8.47. The maximum absolute atomic E-state index is 12.8. The number of thioether (sulfide) groups is 1. The zero-order chi connectivity index (χ0) is 28.8. The van der Waals surface area contributed by atoms with Gasteiger partial charge in [-0.3, -0.25) is 9.59 Å². The van der Waals surface area contributed by atoms with Crippen molar-refractivity contribution in [1.29, 1.82) is 0 Å². The van der Waals surface area contributed by atoms with Gasteiger partial charge in [0.15, 0.2) is 0 Å². The number of anilines is 2. The number of carboxylic acids is 2. The van der Waals surface area contributed by atoms with E-state index in [1.165, 1.54) is 30.2 Å². The number of carboxylic acid groups (broad SMARTS) is 2. The van der Waals surface area contributed by atoms with Crippen LogP contribution in [0.5, 0.6) is 0 Å². The summed E-state index contributed by atoms with van der Waals surface area (Å²) in [6.07, 6.45) is 4.75. The summed E-state index contributed by atoms with van der Waals surface area (Å²) in [5.74, 6) is -4.18. The molecule has 1 aliphatic rings. The number of benzene rings is 2. The molecule has 40 heavy (non-hydrogen) atoms. The zero-order valence-electron chi connectivity index (χ0n) is 21.4. The second kappa shape index (κ2) is 12.8. The van der Waals surface area contributed by atoms with Crippen LogP contribution in [0, 0.1) is 0 Å². The molecule has 2 aromatic carbocycles. The molecule has 0 bridgehead atoms. The van der Waals surface area contributed by atoms with Crippen molar-refractivity contribution in [3.63, 3.8) is 0 Å². The highest BCUT2D eigenvalue weighted by atomic mass is 32.2. The molecule has 0 atom stereocenters. The number of rotatable bonds is 9. The minimum absolute atomic E-state index is 0.0421. The van der Waals surface area contributed by atoms with E-state index < -0.39 is 29.4 Å². The first-order valence-electron chi connectivity index (χ1n) is 12.4. The topological polar surface area (TPSA) is 159 Å². The standard InChI is InChI=1S/C28H26N2O8S2/c1-38-28(37)23-19-8-3-2-4-9-21(19)40-25(23)30-22(31)14-39-17-7-5-6-16(13-17)29-24(32)18-11-10-15(26(33)34)12-20(18)27(35)36/h5-7,10-13H,2-4,8-9,14H2,1H3,(H,29,32)(H,30,31)(H,33,34)(H,35,36). The molecule has 0 saturated carbocycles. The summed E-state index contributed by atoms with van der Waals surface area (Å²) in [6, 6.07) is 9.91. The number of aryl methyl sites for hydroxylation is 1. The van der Waals surface area contributed by atoms with Gasteiger partial charge in [0.1, 0.15) is 5.00 Å². The predicted molar refractivity (Wildman–Crippen MR) is 151 cm³/mol. The van der Waals surface area contributed by atoms with Gasteiger partial charge in [0.2, 0.25) is 5.91 Å². The quantitative estimate of drug-likeness (QED) is 0.151. The SMILES string of the molecule is COC(=O)c1c(NC(=O)CSc2cccc(NC(=O)c3ccc(C(=O)O)cc3C(=O)O)c2)sc2c1CCCCC2. The van der Waals surface area contributed by atoms with Gasteiger partial charge < -0.3 is 25.6 Å². The molecule has 4 N–H and O–H groups in total. The molecule has 0 unspecified atom stereocenters. The third-order valence-electron chi connectivity index (χ3n) is 6.27. The number of hydrogen-bond acceptors (Lipinski definition) is 8. The number of amides is 2. The van der Waals surface area contributed by atoms with Crippen LogP contribution in [0.3, 0.4) is 0 Å². The van der Waals surface area contributed by atoms with Gasteiger partial charge in [-0.25, -0.2) is 14.4 Å². The molecular formula is C28H26N2O8S2. The van der Waals surface area contributed by atoms with Gasteiger partial charge in [0, 0.05) is 15.5 Å². The van der Waals surface area contributed by atoms with Crippen molar-refractivity contribution < 1.29 is 38.9 Å². The molecular weight excluding hydrogens is 556 g/mol. The largest absolute Gasteiger partial charge is 0.478 e. The number of aromatic carboxylic acids is 2. The van der Waals surface area contributed by atoms with Crippen LogP contribution in [0.15, 0.2) is 47.4 Å². The maximum atomic E-state index is 12.8. The minimum Gasteiger partial charge on any atom is -0.478 e. The van der Waals surface area contributed by atoms with Crippen LogP contribution < -0.4 is 10.6 Å². The second-order valence-corrected chi connectivity index (χ2v) is 11.1. The summed E-state index contributed by atoms with van der Waals surface area (Å²) in [5, 5.41) is 24.5. The molecule has 0 fully saturated rings. The highest BCUT2D eigenvalue weighted by molar-refractivity contribution is 8.00. The molecule has 1 aromatic heterocycles. The van der Waals surface area contributed by atoms with Crippen molar-refractivity contribution in [2.75, 3.05) is 23.5 Å². The van der Waals surface area contributed by atoms with Gasteiger partial charge in [-0.2, -0.15) is 0 Å². The van der Waals surface area contributed by atoms with Crippen molar-refractivity contribution in [1.82, 2.24) is 0 Å². The lowest BCUT2D eigenvalue weighted by molar-refractivity contribution is -0.113. The summed E-state index contributed by atoms with van der Waals surface area (Å²) in [5.41, 5.74) is 0.892. The highest BCUT2D eigenvalue weighted by Crippen LogP contribution is 2.38. The molecule has 208 valence electrons. The lowest BCUT2D eigenvalue weighted by atomic mass is 10.0. The van der Waals surface area contributed by atoms with Crippen LogP contribution in [0.2, 0.25) is 0 Å². The van der Waals surface area contributed by atoms with E-state index in [1.807, 2.05) is 0 Å². The number of methoxy groups -OCH3 is 1. The van der Waals surface area contributed by atoms with Crippen molar-refractivity contribution >= 4 is 63.5 Å². The summed E-state index contributed by atoms with van der Waals surface area (Å²) in [4.78, 5) is 62.6. The fraction of sp³-hybridized carbons (Fsp3) is 0.250. The van der Waals surface area contributed by atoms with Crippen LogP contribution >= 0.6 is 23.1 Å². The van der Waals surface area contributed by atoms with E-state index in [-0.39, 0.29) is 22.8 Å². The number of fused-ring (bicyclic) bond motifs is 1. The first-order chi connectivity index (χ1) is 19.2. The summed E-state index contributed by atoms with van der Waals surface area (Å²) in [7, 11) is 1.32. The predicted octanol–water partition coefficient (Wildman–Crippen LogP) is 5.18. The van der Waals surface area contributed by atoms with E-state index >= 15 is 0 Å². The van der Waals surface area contributed by atoms with E-state index in [9.17, 15) is 29.1 Å². The Balaban J connectivity index is 1.43. The van der Waals surface area contributed by atoms with Gasteiger partial charge in [0.25, 0.3) is 5.91 Å². The Labute approximate surface area is 237 Å². The first-order valence-corrected chi connectivity index (χ1v) is 14.2. The Morgan fingerprint density at radius 1 is 0.925 bits per heavy atom. The molecule has 0 spiro atoms. The molecule has 12 heteroatoms. The van der Waals surface area contributed by atoms with E-state index in [0.717, 1.165) is 60.7 Å². The van der Waals surface area contributed by atoms with Gasteiger partial charge in [-0.05, 0) is 67.6 Å². The Bertz CT molecular complexity index is 1500. The monoisotopic (exact) mass is 582 g/mol. The molecule has 0 aliphatic heterocycles. The Hall–Kier alpha value is -4.16. The Kier molecular flexibility index (Phi) is 9.22. The number of carbonyl (C=O) groups is 5. The van der Waals surface area contributed by atoms with Gasteiger partial charge in [-0.15, -0.1) is 23.1 Å². The van der Waals surface area contributed by atoms with Gasteiger partial charge in [0.05, 0.1) is 35.1 Å². The molecule has 4 rings (SSSR count). The third kappa shape index (κ3) is 6.69. The molecule has 0 radical (unpaired) electrons. The first kappa shape index (κ1) is 28.8. The van der Waals surface area contributed by atoms with E-state index in [1.54, 1.807) is 24.3 Å². The summed E-state index contributed by atoms with van der Waals surface area (Å²) >= 11 is 2.64. The highest BCUT2D eigenvalue weighted by Gasteiger charge is 2.26. The molecule has 2 amide bonds. The van der Waals surface area contributed by atoms with Crippen molar-refractivity contribution in [2.24, 2.45) is 0 Å². The number of carbonyl (C=O) groups excluding carboxylic acids is 3. The molecule has 0 saturated heterocycles. The Morgan fingerprint density at radius 3 is 2.42 bits per heavy atom. The number of hydrogen-bond donors (Lipinski definition) is 4. The van der Waals surface area contributed by atoms with Gasteiger partial charge >= 0.3 is 17.9 Å². The molecule has 1 aliphatic carbocycles. The zero-order valence-corrected chi connectivity index (χ0v) is 23.1. The fourth-order valence-electron chi connectivity index (χ4n) is 4.37. The number of nitrogens with one attached hydrogen (secondary N) is 2. The van der Waals surface area contributed by atoms with E-state index in [0.29, 0.717) is 21.1 Å². The molecule has 3 aromatic rings. The fourth-order valence-corrected chi connectivity index (χ4v) is 6.42. The lowest BCUT2D eigenvalue weighted by Crippen LogP contribution is -2.17. The average Bonchev–Trinajstić information content (AvgIpc) is 3.10. The second-order valence-electron chi connectivity index (χ2n) is 8.95. The van der Waals surface area contributed by atoms with Crippen LogP contribution in [-0.4, -0.2) is 52.8 Å². The van der Waals surface area contributed by atoms with Crippen LogP contribution in [0.4, 0.5) is 10.7 Å². The molecule has 1 heterocycles. The van der Waals surface area contributed by atoms with Crippen LogP contribution in [0.25, 0.3) is 0 Å². The van der Waals surface area contributed by atoms with Gasteiger partial charge in [-0.1, -0.05) is 12.5 Å². The normalized spacial score (nSPS) is 12.5. The van der Waals surface area contributed by atoms with Crippen LogP contribution in [-0.2, 0) is 22.4 Å². The van der Waals surface area contributed by atoms with Crippen LogP contribution in [0.1, 0.15) is 71.1 Å². The maximum Gasteiger partial charge on any atom is 0.341 e. The minimum atomic E-state index is -1.43. The van der Waals surface area contributed by atoms with E-state index in [4.69, 9.17) is 9.84 Å². The molecule has 10 nitrogen and oxygen atoms in total. The number of esters is 1. The van der Waals surface area contributed by atoms with Crippen molar-refractivity contribution in [3.8, 4) is 0 Å². The number of thiophene rings is 1. The smallest absolute Gasteiger partial charge is 0.341 e. The Morgan fingerprint density at radius 2 is 1.70 bits per heavy atom. The van der Waals surface area contributed by atoms with Crippen molar-refractivity contribution in [3.05, 3.63) is 75.2 Å². The van der Waals surface area contributed by atoms with E-state index in [2.05, 4.69) is 10.6 Å². The van der Waals surface area contributed by atoms with Crippen molar-refractivity contribution in [2.45, 2.75) is 37.0 Å².